The van der Waals surface area contributed by atoms with E-state index in [9.17, 15) is 4.79 Å². The first kappa shape index (κ1) is 17.4. The third-order valence-electron chi connectivity index (χ3n) is 4.16. The Hall–Kier alpha value is -3.00. The van der Waals surface area contributed by atoms with E-state index in [2.05, 4.69) is 15.3 Å². The van der Waals surface area contributed by atoms with Crippen LogP contribution in [0.1, 0.15) is 5.76 Å². The van der Waals surface area contributed by atoms with E-state index in [0.717, 1.165) is 16.8 Å². The minimum Gasteiger partial charge on any atom is -0.472 e. The highest BCUT2D eigenvalue weighted by molar-refractivity contribution is 6.30. The van der Waals surface area contributed by atoms with Crippen molar-refractivity contribution in [1.82, 2.24) is 14.9 Å². The van der Waals surface area contributed by atoms with Crippen molar-refractivity contribution in [3.05, 3.63) is 47.6 Å². The van der Waals surface area contributed by atoms with Gasteiger partial charge in [0.25, 0.3) is 0 Å². The molecule has 0 aliphatic carbocycles. The van der Waals surface area contributed by atoms with Crippen LogP contribution >= 0.6 is 11.6 Å². The third kappa shape index (κ3) is 3.75. The van der Waals surface area contributed by atoms with Crippen LogP contribution in [0.5, 0.6) is 5.88 Å². The van der Waals surface area contributed by atoms with Crippen LogP contribution in [0.15, 0.2) is 41.1 Å². The van der Waals surface area contributed by atoms with Crippen molar-refractivity contribution in [3.8, 4) is 5.88 Å². The summed E-state index contributed by atoms with van der Waals surface area (Å²) < 4.78 is 16.3. The van der Waals surface area contributed by atoms with Crippen LogP contribution in [0.3, 0.4) is 0 Å². The van der Waals surface area contributed by atoms with Gasteiger partial charge >= 0.3 is 6.09 Å². The van der Waals surface area contributed by atoms with Crippen molar-refractivity contribution < 1.29 is 18.7 Å². The predicted molar refractivity (Wildman–Crippen MR) is 99.0 cm³/mol. The number of cyclic esters (lactones) is 1. The van der Waals surface area contributed by atoms with Gasteiger partial charge in [-0.15, -0.1) is 0 Å². The molecule has 140 valence electrons. The first-order chi connectivity index (χ1) is 13.1. The Morgan fingerprint density at radius 2 is 2.33 bits per heavy atom. The predicted octanol–water partition coefficient (Wildman–Crippen LogP) is 3.32. The molecule has 1 N–H and O–H groups in total. The normalized spacial score (nSPS) is 16.6. The molecule has 1 saturated heterocycles. The van der Waals surface area contributed by atoms with Crippen molar-refractivity contribution in [3.63, 3.8) is 0 Å². The molecule has 1 amide bonds. The Kier molecular flexibility index (Phi) is 4.72. The van der Waals surface area contributed by atoms with Crippen LogP contribution in [0.4, 0.5) is 10.5 Å². The molecule has 8 nitrogen and oxygen atoms in total. The third-order valence-corrected chi connectivity index (χ3v) is 4.35. The molecule has 0 radical (unpaired) electrons. The number of fused-ring (bicyclic) bond motifs is 1. The number of rotatable bonds is 6. The Balaban J connectivity index is 1.56. The fraction of sp³-hybridized carbons (Fsp3) is 0.278. The molecule has 0 spiro atoms. The number of hydrogen-bond acceptors (Lipinski definition) is 7. The summed E-state index contributed by atoms with van der Waals surface area (Å²) in [4.78, 5) is 21.6. The number of aromatic nitrogens is 2. The minimum atomic E-state index is -0.361. The highest BCUT2D eigenvalue weighted by atomic mass is 35.5. The fourth-order valence-corrected chi connectivity index (χ4v) is 3.05. The van der Waals surface area contributed by atoms with Gasteiger partial charge in [0.1, 0.15) is 23.0 Å². The number of halogens is 1. The van der Waals surface area contributed by atoms with Crippen molar-refractivity contribution >= 4 is 34.3 Å². The molecule has 9 heteroatoms. The second-order valence-electron chi connectivity index (χ2n) is 6.14. The number of anilines is 1. The molecule has 0 saturated carbocycles. The van der Waals surface area contributed by atoms with Crippen LogP contribution < -0.4 is 10.1 Å². The van der Waals surface area contributed by atoms with E-state index in [0.29, 0.717) is 29.6 Å². The highest BCUT2D eigenvalue weighted by Gasteiger charge is 2.29. The number of carbonyl (C=O) groups is 1. The lowest BCUT2D eigenvalue weighted by Crippen LogP contribution is -2.23. The van der Waals surface area contributed by atoms with Crippen LogP contribution in [-0.2, 0) is 11.3 Å². The van der Waals surface area contributed by atoms with E-state index in [1.54, 1.807) is 25.6 Å². The van der Waals surface area contributed by atoms with E-state index in [1.165, 1.54) is 4.90 Å². The summed E-state index contributed by atoms with van der Waals surface area (Å²) >= 11 is 6.19. The molecule has 1 unspecified atom stereocenters. The van der Waals surface area contributed by atoms with Crippen molar-refractivity contribution in [1.29, 1.82) is 0 Å². The van der Waals surface area contributed by atoms with E-state index < -0.39 is 0 Å². The summed E-state index contributed by atoms with van der Waals surface area (Å²) in [5.74, 6) is 1.13. The Morgan fingerprint density at radius 3 is 3.07 bits per heavy atom. The summed E-state index contributed by atoms with van der Waals surface area (Å²) in [7, 11) is 1.68. The molecule has 1 aliphatic rings. The largest absolute Gasteiger partial charge is 0.472 e. The first-order valence-electron chi connectivity index (χ1n) is 8.36. The Bertz CT molecular complexity index is 963. The average molecular weight is 389 g/mol. The molecule has 3 aromatic rings. The maximum atomic E-state index is 11.5. The van der Waals surface area contributed by atoms with Gasteiger partial charge in [-0.1, -0.05) is 11.6 Å². The monoisotopic (exact) mass is 388 g/mol. The van der Waals surface area contributed by atoms with Gasteiger partial charge in [0.15, 0.2) is 6.10 Å². The smallest absolute Gasteiger partial charge is 0.410 e. The van der Waals surface area contributed by atoms with Gasteiger partial charge < -0.3 is 24.1 Å². The number of nitrogens with zero attached hydrogens (tertiary/aromatic N) is 3. The van der Waals surface area contributed by atoms with E-state index in [-0.39, 0.29) is 18.8 Å². The quantitative estimate of drug-likeness (QED) is 0.648. The number of pyridine rings is 2. The minimum absolute atomic E-state index is 0.186. The molecule has 0 bridgehead atoms. The number of amides is 1. The standard InChI is InChI=1S/C18H17ClN4O4/c1-23-9-12(27-18(23)24)10-26-17-16-13(4-5-20-17)14(7-15(19)22-16)21-8-11-3-2-6-25-11/h2-7,12H,8-10H2,1H3,(H,21,22). The van der Waals surface area contributed by atoms with Crippen molar-refractivity contribution in [2.45, 2.75) is 12.6 Å². The van der Waals surface area contributed by atoms with Gasteiger partial charge in [-0.05, 0) is 24.3 Å². The zero-order chi connectivity index (χ0) is 18.8. The number of hydrogen-bond donors (Lipinski definition) is 1. The lowest BCUT2D eigenvalue weighted by Gasteiger charge is -2.13. The van der Waals surface area contributed by atoms with Gasteiger partial charge in [0.2, 0.25) is 5.88 Å². The fourth-order valence-electron chi connectivity index (χ4n) is 2.85. The summed E-state index contributed by atoms with van der Waals surface area (Å²) in [6, 6.07) is 7.29. The van der Waals surface area contributed by atoms with Gasteiger partial charge in [-0.25, -0.2) is 14.8 Å². The van der Waals surface area contributed by atoms with Crippen LogP contribution in [-0.4, -0.2) is 47.3 Å². The molecule has 4 rings (SSSR count). The molecule has 4 heterocycles. The van der Waals surface area contributed by atoms with Crippen molar-refractivity contribution in [2.75, 3.05) is 25.5 Å². The molecule has 1 aliphatic heterocycles. The summed E-state index contributed by atoms with van der Waals surface area (Å²) in [5, 5.41) is 4.42. The number of likely N-dealkylation sites (N-methyl/N-ethyl adjacent to an activating group) is 1. The summed E-state index contributed by atoms with van der Waals surface area (Å²) in [6.07, 6.45) is 2.55. The zero-order valence-electron chi connectivity index (χ0n) is 14.5. The lowest BCUT2D eigenvalue weighted by molar-refractivity contribution is 0.102. The number of carbonyl (C=O) groups excluding carboxylic acids is 1. The number of furan rings is 1. The van der Waals surface area contributed by atoms with Gasteiger partial charge in [0.05, 0.1) is 19.4 Å². The molecule has 1 fully saturated rings. The lowest BCUT2D eigenvalue weighted by atomic mass is 10.2. The number of ether oxygens (including phenoxy) is 2. The maximum Gasteiger partial charge on any atom is 0.410 e. The molecule has 3 aromatic heterocycles. The van der Waals surface area contributed by atoms with E-state index in [1.807, 2.05) is 18.2 Å². The SMILES string of the molecule is CN1CC(COc2nccc3c(NCc4ccco4)cc(Cl)nc23)OC1=O. The molecule has 0 aromatic carbocycles. The maximum absolute atomic E-state index is 11.5. The van der Waals surface area contributed by atoms with Crippen LogP contribution in [0.2, 0.25) is 5.15 Å². The molecular weight excluding hydrogens is 372 g/mol. The van der Waals surface area contributed by atoms with Gasteiger partial charge in [0, 0.05) is 24.3 Å². The first-order valence-corrected chi connectivity index (χ1v) is 8.74. The van der Waals surface area contributed by atoms with E-state index in [4.69, 9.17) is 25.5 Å². The number of nitrogens with one attached hydrogen (secondary N) is 1. The second-order valence-corrected chi connectivity index (χ2v) is 6.52. The van der Waals surface area contributed by atoms with Crippen LogP contribution in [0.25, 0.3) is 10.9 Å². The highest BCUT2D eigenvalue weighted by Crippen LogP contribution is 2.30. The van der Waals surface area contributed by atoms with Gasteiger partial charge in [-0.3, -0.25) is 0 Å². The Labute approximate surface area is 160 Å². The summed E-state index contributed by atoms with van der Waals surface area (Å²) in [5.41, 5.74) is 1.32. The molecular formula is C18H17ClN4O4. The topological polar surface area (TPSA) is 89.7 Å². The summed E-state index contributed by atoms with van der Waals surface area (Å²) in [6.45, 7) is 1.16. The van der Waals surface area contributed by atoms with Crippen molar-refractivity contribution in [2.24, 2.45) is 0 Å². The van der Waals surface area contributed by atoms with Gasteiger partial charge in [-0.2, -0.15) is 0 Å². The van der Waals surface area contributed by atoms with E-state index >= 15 is 0 Å². The average Bonchev–Trinajstić information content (AvgIpc) is 3.28. The Morgan fingerprint density at radius 1 is 1.44 bits per heavy atom. The zero-order valence-corrected chi connectivity index (χ0v) is 15.3. The molecule has 27 heavy (non-hydrogen) atoms. The molecule has 1 atom stereocenters. The van der Waals surface area contributed by atoms with Crippen LogP contribution in [0, 0.1) is 0 Å². The second kappa shape index (κ2) is 7.32.